The summed E-state index contributed by atoms with van der Waals surface area (Å²) < 4.78 is 11.4. The maximum atomic E-state index is 12.5. The van der Waals surface area contributed by atoms with E-state index in [1.165, 1.54) is 32.2 Å². The molecule has 0 fully saturated rings. The number of rotatable bonds is 6. The minimum absolute atomic E-state index is 0.135. The number of carbonyl (C=O) groups is 2. The molecule has 2 aromatic carbocycles. The molecule has 3 aromatic rings. The zero-order chi connectivity index (χ0) is 21.5. The van der Waals surface area contributed by atoms with E-state index in [4.69, 9.17) is 9.47 Å². The van der Waals surface area contributed by atoms with Gasteiger partial charge in [-0.15, -0.1) is 0 Å². The molecule has 0 atom stereocenters. The van der Waals surface area contributed by atoms with Crippen molar-refractivity contribution in [1.29, 1.82) is 0 Å². The van der Waals surface area contributed by atoms with Crippen molar-refractivity contribution < 1.29 is 19.1 Å². The summed E-state index contributed by atoms with van der Waals surface area (Å²) >= 11 is 4.99. The van der Waals surface area contributed by atoms with Gasteiger partial charge in [0.15, 0.2) is 0 Å². The second-order valence-corrected chi connectivity index (χ2v) is 7.78. The molecule has 154 valence electrons. The molecule has 1 aromatic heterocycles. The molecule has 0 bridgehead atoms. The number of carbonyl (C=O) groups excluding carboxylic acids is 2. The van der Waals surface area contributed by atoms with Gasteiger partial charge in [0.05, 0.1) is 26.1 Å². The lowest BCUT2D eigenvalue weighted by atomic mass is 10.1. The molecule has 0 aliphatic rings. The summed E-state index contributed by atoms with van der Waals surface area (Å²) in [5.41, 5.74) is 0.583. The number of pyridine rings is 1. The third kappa shape index (κ3) is 5.31. The average molecular weight is 488 g/mol. The highest BCUT2D eigenvalue weighted by Gasteiger charge is 2.20. The van der Waals surface area contributed by atoms with E-state index in [2.05, 4.69) is 31.5 Å². The normalized spacial score (nSPS) is 10.2. The number of amides is 3. The number of aromatic nitrogens is 1. The standard InChI is InChI=1S/C21H18BrN3O4S/c1-28-15-7-5-8-16(29-2)19(15)20(26)25-21(27)24-13-10-11-18(23-12-13)30-17-9-4-3-6-14(17)22/h3-12H,1-2H3,(H2,24,25,26,27). The number of anilines is 1. The molecule has 0 saturated carbocycles. The first-order valence-corrected chi connectivity index (χ1v) is 10.3. The van der Waals surface area contributed by atoms with E-state index in [-0.39, 0.29) is 5.56 Å². The zero-order valence-corrected chi connectivity index (χ0v) is 18.5. The van der Waals surface area contributed by atoms with Gasteiger partial charge in [-0.05, 0) is 52.3 Å². The fourth-order valence-electron chi connectivity index (χ4n) is 2.56. The summed E-state index contributed by atoms with van der Waals surface area (Å²) in [6, 6.07) is 15.5. The van der Waals surface area contributed by atoms with Crippen LogP contribution in [-0.4, -0.2) is 31.1 Å². The van der Waals surface area contributed by atoms with E-state index in [1.54, 1.807) is 30.3 Å². The average Bonchev–Trinajstić information content (AvgIpc) is 2.75. The Hall–Kier alpha value is -3.04. The number of hydrogen-bond acceptors (Lipinski definition) is 6. The van der Waals surface area contributed by atoms with Crippen molar-refractivity contribution in [1.82, 2.24) is 10.3 Å². The van der Waals surface area contributed by atoms with Crippen LogP contribution in [0.4, 0.5) is 10.5 Å². The van der Waals surface area contributed by atoms with Gasteiger partial charge in [-0.2, -0.15) is 0 Å². The summed E-state index contributed by atoms with van der Waals surface area (Å²) in [4.78, 5) is 30.2. The number of ether oxygens (including phenoxy) is 2. The highest BCUT2D eigenvalue weighted by Crippen LogP contribution is 2.32. The van der Waals surface area contributed by atoms with Crippen LogP contribution in [0.25, 0.3) is 0 Å². The Labute approximate surface area is 186 Å². The number of methoxy groups -OCH3 is 2. The molecule has 3 amide bonds. The van der Waals surface area contributed by atoms with Crippen molar-refractivity contribution in [2.45, 2.75) is 9.92 Å². The van der Waals surface area contributed by atoms with Crippen molar-refractivity contribution in [2.24, 2.45) is 0 Å². The van der Waals surface area contributed by atoms with Crippen LogP contribution in [0.2, 0.25) is 0 Å². The minimum atomic E-state index is -0.694. The first-order chi connectivity index (χ1) is 14.5. The van der Waals surface area contributed by atoms with Crippen LogP contribution in [-0.2, 0) is 0 Å². The highest BCUT2D eigenvalue weighted by molar-refractivity contribution is 9.10. The van der Waals surface area contributed by atoms with Crippen molar-refractivity contribution in [3.05, 3.63) is 70.8 Å². The van der Waals surface area contributed by atoms with Crippen molar-refractivity contribution in [2.75, 3.05) is 19.5 Å². The maximum absolute atomic E-state index is 12.5. The van der Waals surface area contributed by atoms with Crippen LogP contribution < -0.4 is 20.1 Å². The fourth-order valence-corrected chi connectivity index (χ4v) is 3.86. The Bertz CT molecular complexity index is 1040. The van der Waals surface area contributed by atoms with Crippen molar-refractivity contribution in [3.63, 3.8) is 0 Å². The molecule has 7 nitrogen and oxygen atoms in total. The molecule has 0 saturated heterocycles. The zero-order valence-electron chi connectivity index (χ0n) is 16.1. The molecular formula is C21H18BrN3O4S. The van der Waals surface area contributed by atoms with E-state index in [0.717, 1.165) is 14.4 Å². The van der Waals surface area contributed by atoms with E-state index in [0.29, 0.717) is 17.2 Å². The summed E-state index contributed by atoms with van der Waals surface area (Å²) in [6.07, 6.45) is 1.52. The SMILES string of the molecule is COc1cccc(OC)c1C(=O)NC(=O)Nc1ccc(Sc2ccccc2Br)nc1. The summed E-state index contributed by atoms with van der Waals surface area (Å²) in [6.45, 7) is 0. The smallest absolute Gasteiger partial charge is 0.326 e. The molecule has 9 heteroatoms. The molecule has 0 unspecified atom stereocenters. The number of nitrogens with one attached hydrogen (secondary N) is 2. The Morgan fingerprint density at radius 3 is 2.27 bits per heavy atom. The Morgan fingerprint density at radius 1 is 0.967 bits per heavy atom. The molecule has 0 radical (unpaired) electrons. The van der Waals surface area contributed by atoms with Crippen molar-refractivity contribution >= 4 is 45.3 Å². The van der Waals surface area contributed by atoms with E-state index in [1.807, 2.05) is 24.3 Å². The molecule has 0 spiro atoms. The van der Waals surface area contributed by atoms with Gasteiger partial charge in [0.25, 0.3) is 5.91 Å². The van der Waals surface area contributed by atoms with E-state index in [9.17, 15) is 9.59 Å². The van der Waals surface area contributed by atoms with Gasteiger partial charge < -0.3 is 14.8 Å². The van der Waals surface area contributed by atoms with Crippen molar-refractivity contribution in [3.8, 4) is 11.5 Å². The molecule has 1 heterocycles. The molecule has 0 aliphatic carbocycles. The van der Waals surface area contributed by atoms with Crippen LogP contribution in [0.15, 0.2) is 75.2 Å². The van der Waals surface area contributed by atoms with Crippen LogP contribution in [0.3, 0.4) is 0 Å². The Morgan fingerprint density at radius 2 is 1.67 bits per heavy atom. The molecule has 2 N–H and O–H groups in total. The fraction of sp³-hybridized carbons (Fsp3) is 0.0952. The second kappa shape index (κ2) is 10.1. The highest BCUT2D eigenvalue weighted by atomic mass is 79.9. The summed E-state index contributed by atoms with van der Waals surface area (Å²) in [7, 11) is 2.87. The molecule has 0 aliphatic heterocycles. The molecule has 30 heavy (non-hydrogen) atoms. The second-order valence-electron chi connectivity index (χ2n) is 5.86. The topological polar surface area (TPSA) is 89.5 Å². The van der Waals surface area contributed by atoms with Gasteiger partial charge in [-0.25, -0.2) is 9.78 Å². The van der Waals surface area contributed by atoms with Gasteiger partial charge in [0, 0.05) is 9.37 Å². The Kier molecular flexibility index (Phi) is 7.31. The minimum Gasteiger partial charge on any atom is -0.496 e. The van der Waals surface area contributed by atoms with Crippen LogP contribution in [0.5, 0.6) is 11.5 Å². The third-order valence-electron chi connectivity index (χ3n) is 3.93. The lowest BCUT2D eigenvalue weighted by Gasteiger charge is -2.13. The third-order valence-corrected chi connectivity index (χ3v) is 5.91. The number of imide groups is 1. The maximum Gasteiger partial charge on any atom is 0.326 e. The number of halogens is 1. The van der Waals surface area contributed by atoms with Gasteiger partial charge >= 0.3 is 6.03 Å². The van der Waals surface area contributed by atoms with Crippen LogP contribution >= 0.6 is 27.7 Å². The van der Waals surface area contributed by atoms with Gasteiger partial charge in [-0.3, -0.25) is 10.1 Å². The number of urea groups is 1. The summed E-state index contributed by atoms with van der Waals surface area (Å²) in [5.74, 6) is -0.0413. The van der Waals surface area contributed by atoms with Gasteiger partial charge in [0.1, 0.15) is 22.1 Å². The van der Waals surface area contributed by atoms with E-state index < -0.39 is 11.9 Å². The predicted molar refractivity (Wildman–Crippen MR) is 119 cm³/mol. The first-order valence-electron chi connectivity index (χ1n) is 8.73. The first kappa shape index (κ1) is 21.7. The van der Waals surface area contributed by atoms with Crippen LogP contribution in [0, 0.1) is 0 Å². The predicted octanol–water partition coefficient (Wildman–Crippen LogP) is 4.97. The number of hydrogen-bond donors (Lipinski definition) is 2. The Balaban J connectivity index is 1.64. The van der Waals surface area contributed by atoms with Crippen LogP contribution in [0.1, 0.15) is 10.4 Å². The number of benzene rings is 2. The largest absolute Gasteiger partial charge is 0.496 e. The monoisotopic (exact) mass is 487 g/mol. The van der Waals surface area contributed by atoms with E-state index >= 15 is 0 Å². The van der Waals surface area contributed by atoms with Gasteiger partial charge in [-0.1, -0.05) is 30.0 Å². The summed E-state index contributed by atoms with van der Waals surface area (Å²) in [5, 5.41) is 5.62. The number of nitrogens with zero attached hydrogens (tertiary/aromatic N) is 1. The lowest BCUT2D eigenvalue weighted by molar-refractivity contribution is 0.0961. The van der Waals surface area contributed by atoms with Gasteiger partial charge in [0.2, 0.25) is 0 Å². The molecular weight excluding hydrogens is 470 g/mol. The molecule has 3 rings (SSSR count). The quantitative estimate of drug-likeness (QED) is 0.509. The lowest BCUT2D eigenvalue weighted by Crippen LogP contribution is -2.34.